The van der Waals surface area contributed by atoms with Crippen LogP contribution in [0.4, 0.5) is 0 Å². The Balaban J connectivity index is 0.000000312. The van der Waals surface area contributed by atoms with E-state index in [9.17, 15) is 9.90 Å². The van der Waals surface area contributed by atoms with Crippen molar-refractivity contribution in [2.45, 2.75) is 126 Å². The van der Waals surface area contributed by atoms with Gasteiger partial charge in [0.05, 0.1) is 5.76 Å². The van der Waals surface area contributed by atoms with Crippen LogP contribution in [0.2, 0.25) is 0 Å². The average molecular weight is 881 g/mol. The van der Waals surface area contributed by atoms with Crippen molar-refractivity contribution in [2.24, 2.45) is 17.3 Å². The Morgan fingerprint density at radius 3 is 2.10 bits per heavy atom. The van der Waals surface area contributed by atoms with Crippen molar-refractivity contribution < 1.29 is 30.0 Å². The molecular formula is C46H58IrNO2S-. The van der Waals surface area contributed by atoms with Gasteiger partial charge in [-0.15, -0.1) is 34.9 Å². The smallest absolute Gasteiger partial charge is 0.162 e. The minimum Gasteiger partial charge on any atom is -0.512 e. The molecule has 0 amide bonds. The molecule has 275 valence electrons. The van der Waals surface area contributed by atoms with E-state index in [1.807, 2.05) is 45.2 Å². The quantitative estimate of drug-likeness (QED) is 0.0912. The zero-order chi connectivity index (χ0) is 36.8. The zero-order valence-electron chi connectivity index (χ0n) is 32.9. The first kappa shape index (κ1) is 40.9. The topological polar surface area (TPSA) is 50.2 Å². The number of allylic oxidation sites excluding steroid dienone is 2. The normalized spacial score (nSPS) is 15.1. The molecule has 2 heterocycles. The van der Waals surface area contributed by atoms with Crippen LogP contribution in [-0.4, -0.2) is 15.9 Å². The second kappa shape index (κ2) is 15.6. The van der Waals surface area contributed by atoms with Gasteiger partial charge in [0.15, 0.2) is 5.78 Å². The summed E-state index contributed by atoms with van der Waals surface area (Å²) in [5.41, 5.74) is 8.27. The Morgan fingerprint density at radius 2 is 1.49 bits per heavy atom. The van der Waals surface area contributed by atoms with Crippen LogP contribution in [0.25, 0.3) is 42.2 Å². The first-order valence-electron chi connectivity index (χ1n) is 18.7. The Kier molecular flexibility index (Phi) is 12.5. The van der Waals surface area contributed by atoms with E-state index in [1.165, 1.54) is 59.3 Å². The van der Waals surface area contributed by atoms with Crippen LogP contribution in [0.1, 0.15) is 124 Å². The van der Waals surface area contributed by atoms with Crippen LogP contribution in [0, 0.1) is 30.2 Å². The predicted octanol–water partition coefficient (Wildman–Crippen LogP) is 13.4. The first-order valence-corrected chi connectivity index (χ1v) is 19.6. The number of aromatic nitrogens is 1. The van der Waals surface area contributed by atoms with Crippen LogP contribution in [0.3, 0.4) is 0 Å². The van der Waals surface area contributed by atoms with Crippen molar-refractivity contribution in [1.82, 2.24) is 4.98 Å². The Morgan fingerprint density at radius 1 is 0.882 bits per heavy atom. The van der Waals surface area contributed by atoms with E-state index >= 15 is 0 Å². The van der Waals surface area contributed by atoms with Gasteiger partial charge in [-0.05, 0) is 77.9 Å². The standard InChI is InChI=1S/C33H34NS.C13H24O2.Ir/c1-19-21(18-31(2,3)4)12-13-23-24-14-15-34-28(30(24)35-29(19)23)22-16-20-10-9-11-25-27(20)26(17-22)33(7,8)32(25,5)6;1-5-10(6-2)12(14)9-13(15)11(7-3)8-4;/h9-15,17H,18H2,1-8H3;9-11,14H,5-8H2,1-4H3;/q-1;;/b;12-9-;. The number of thiophene rings is 1. The monoisotopic (exact) mass is 881 g/mol. The molecule has 0 aliphatic heterocycles. The third-order valence-corrected chi connectivity index (χ3v) is 13.1. The van der Waals surface area contributed by atoms with Gasteiger partial charge in [-0.2, -0.15) is 0 Å². The third-order valence-electron chi connectivity index (χ3n) is 11.8. The van der Waals surface area contributed by atoms with E-state index in [-0.39, 0.29) is 59.7 Å². The molecule has 0 fully saturated rings. The van der Waals surface area contributed by atoms with Gasteiger partial charge in [0.25, 0.3) is 0 Å². The molecule has 51 heavy (non-hydrogen) atoms. The van der Waals surface area contributed by atoms with Crippen molar-refractivity contribution in [3.05, 3.63) is 88.8 Å². The number of aliphatic hydroxyl groups is 1. The number of carbonyl (C=O) groups is 1. The van der Waals surface area contributed by atoms with E-state index in [2.05, 4.69) is 104 Å². The number of hydrogen-bond donors (Lipinski definition) is 1. The molecular weight excluding hydrogens is 823 g/mol. The van der Waals surface area contributed by atoms with Crippen molar-refractivity contribution in [2.75, 3.05) is 0 Å². The number of aliphatic hydroxyl groups excluding tert-OH is 1. The van der Waals surface area contributed by atoms with E-state index in [4.69, 9.17) is 4.98 Å². The van der Waals surface area contributed by atoms with Crippen molar-refractivity contribution in [3.63, 3.8) is 0 Å². The molecule has 0 saturated carbocycles. The summed E-state index contributed by atoms with van der Waals surface area (Å²) in [5.74, 6) is 0.547. The molecule has 3 nitrogen and oxygen atoms in total. The van der Waals surface area contributed by atoms with Gasteiger partial charge >= 0.3 is 0 Å². The summed E-state index contributed by atoms with van der Waals surface area (Å²) in [7, 11) is 0. The number of ketones is 1. The summed E-state index contributed by atoms with van der Waals surface area (Å²) < 4.78 is 2.66. The number of hydrogen-bond acceptors (Lipinski definition) is 4. The number of benzene rings is 3. The van der Waals surface area contributed by atoms with Gasteiger partial charge in [-0.3, -0.25) is 9.78 Å². The Labute approximate surface area is 324 Å². The Bertz CT molecular complexity index is 2070. The molecule has 1 aliphatic rings. The number of rotatable bonds is 9. The molecule has 5 heteroatoms. The minimum atomic E-state index is 0. The number of carbonyl (C=O) groups excluding carboxylic acids is 1. The molecule has 0 bridgehead atoms. The minimum absolute atomic E-state index is 0. The molecule has 6 rings (SSSR count). The second-order valence-corrected chi connectivity index (χ2v) is 17.7. The number of pyridine rings is 1. The number of nitrogens with zero attached hydrogens (tertiary/aromatic N) is 1. The molecule has 1 N–H and O–H groups in total. The molecule has 3 aromatic carbocycles. The van der Waals surface area contributed by atoms with Gasteiger partial charge in [-0.1, -0.05) is 123 Å². The predicted molar refractivity (Wildman–Crippen MR) is 217 cm³/mol. The third kappa shape index (κ3) is 7.64. The number of fused-ring (bicyclic) bond motifs is 3. The molecule has 0 spiro atoms. The molecule has 0 atom stereocenters. The van der Waals surface area contributed by atoms with Crippen molar-refractivity contribution in [1.29, 1.82) is 0 Å². The maximum absolute atomic E-state index is 11.7. The van der Waals surface area contributed by atoms with Crippen molar-refractivity contribution in [3.8, 4) is 11.3 Å². The number of aryl methyl sites for hydroxylation is 1. The molecule has 5 aromatic rings. The maximum atomic E-state index is 11.7. The molecule has 0 unspecified atom stereocenters. The van der Waals surface area contributed by atoms with E-state index < -0.39 is 0 Å². The fourth-order valence-corrected chi connectivity index (χ4v) is 9.16. The fraction of sp³-hybridized carbons (Fsp3) is 0.478. The molecule has 1 radical (unpaired) electrons. The maximum Gasteiger partial charge on any atom is 0.162 e. The van der Waals surface area contributed by atoms with Gasteiger partial charge < -0.3 is 5.11 Å². The summed E-state index contributed by atoms with van der Waals surface area (Å²) in [4.78, 5) is 16.7. The van der Waals surface area contributed by atoms with E-state index in [0.29, 0.717) is 0 Å². The first-order chi connectivity index (χ1) is 23.5. The van der Waals surface area contributed by atoms with Crippen LogP contribution in [0.15, 0.2) is 60.5 Å². The molecule has 0 saturated heterocycles. The van der Waals surface area contributed by atoms with Gasteiger partial charge in [0.2, 0.25) is 0 Å². The fourth-order valence-electron chi connectivity index (χ4n) is 7.83. The summed E-state index contributed by atoms with van der Waals surface area (Å²) >= 11 is 1.90. The zero-order valence-corrected chi connectivity index (χ0v) is 36.1. The van der Waals surface area contributed by atoms with Crippen LogP contribution in [0.5, 0.6) is 0 Å². The average Bonchev–Trinajstić information content (AvgIpc) is 3.51. The second-order valence-electron chi connectivity index (χ2n) is 16.7. The molecule has 2 aromatic heterocycles. The SMILES string of the molecule is CCC(CC)C(=O)/C=C(\O)C(CC)CC.Cc1c(CC(C)(C)C)ccc2c1sc1c(-c3[c-]c4cccc5c4c(c3)C(C)(C)C5(C)C)nccc12.[Ir]. The van der Waals surface area contributed by atoms with Gasteiger partial charge in [-0.25, -0.2) is 0 Å². The van der Waals surface area contributed by atoms with Gasteiger partial charge in [0.1, 0.15) is 0 Å². The van der Waals surface area contributed by atoms with Crippen molar-refractivity contribution >= 4 is 48.1 Å². The molecule has 1 aliphatic carbocycles. The van der Waals surface area contributed by atoms with Crippen LogP contribution in [-0.2, 0) is 42.2 Å². The summed E-state index contributed by atoms with van der Waals surface area (Å²) in [6.07, 6.45) is 7.97. The summed E-state index contributed by atoms with van der Waals surface area (Å²) in [5, 5.41) is 15.0. The van der Waals surface area contributed by atoms with Crippen LogP contribution < -0.4 is 0 Å². The van der Waals surface area contributed by atoms with E-state index in [1.54, 1.807) is 0 Å². The Hall–Kier alpha value is -2.85. The summed E-state index contributed by atoms with van der Waals surface area (Å²) in [6, 6.07) is 19.7. The van der Waals surface area contributed by atoms with Crippen LogP contribution >= 0.6 is 11.3 Å². The summed E-state index contributed by atoms with van der Waals surface area (Å²) in [6.45, 7) is 26.8. The van der Waals surface area contributed by atoms with E-state index in [0.717, 1.165) is 43.4 Å². The largest absolute Gasteiger partial charge is 0.512 e. The van der Waals surface area contributed by atoms with Gasteiger partial charge in [0, 0.05) is 64.7 Å².